The summed E-state index contributed by atoms with van der Waals surface area (Å²) in [6, 6.07) is 20.4. The van der Waals surface area contributed by atoms with Crippen LogP contribution in [0.15, 0.2) is 194 Å². The Morgan fingerprint density at radius 3 is 2.14 bits per heavy atom. The summed E-state index contributed by atoms with van der Waals surface area (Å²) in [5.41, 5.74) is -14.8. The maximum Gasteiger partial charge on any atom is 0.269 e. The van der Waals surface area contributed by atoms with Gasteiger partial charge in [0.1, 0.15) is 17.3 Å². The third kappa shape index (κ3) is 7.79. The average Bonchev–Trinajstić information content (AvgIpc) is 1.25. The molecule has 0 aliphatic heterocycles. The molecule has 11 aromatic rings. The summed E-state index contributed by atoms with van der Waals surface area (Å²) >= 11 is 0. The lowest BCUT2D eigenvalue weighted by molar-refractivity contribution is -0.571. The first kappa shape index (κ1) is 22.6. The second-order valence-electron chi connectivity index (χ2n) is 18.4. The van der Waals surface area contributed by atoms with E-state index < -0.39 is 158 Å². The van der Waals surface area contributed by atoms with Crippen LogP contribution in [0.1, 0.15) is 126 Å². The second-order valence-corrected chi connectivity index (χ2v) is 18.4. The van der Waals surface area contributed by atoms with Gasteiger partial charge in [-0.1, -0.05) is 187 Å². The van der Waals surface area contributed by atoms with Gasteiger partial charge in [0, 0.05) is 54.6 Å². The van der Waals surface area contributed by atoms with Crippen molar-refractivity contribution in [1.82, 2.24) is 14.1 Å². The lowest BCUT2D eigenvalue weighted by Gasteiger charge is -2.42. The van der Waals surface area contributed by atoms with Crippen molar-refractivity contribution in [2.24, 2.45) is 0 Å². The highest BCUT2D eigenvalue weighted by atomic mass is 16.5. The molecule has 5 nitrogen and oxygen atoms in total. The number of aromatic nitrogens is 4. The van der Waals surface area contributed by atoms with Gasteiger partial charge in [0.25, 0.3) is 6.33 Å². The van der Waals surface area contributed by atoms with Gasteiger partial charge >= 0.3 is 0 Å². The minimum Gasteiger partial charge on any atom is -0.458 e. The largest absolute Gasteiger partial charge is 0.458 e. The SMILES string of the molecule is [2H]c1c([2H])c([2H])c(-c2cnc(-n3c4ccccc4c4ccc(Oc5cccc(-n6[c-][n+](-c7c(-c8c([2H])c([2H])c([2H])c(C(C)(C)C)c8[2H])cccc7-c7c([2H])c([2H])c8c(c7[2H])C(C([2H])([2H])[2H])(C([2H])([2H])[2H])C([2H])([2H])C([2H])([2H])C8(C([2H])([2H])[2H])C([2H])([2H])[2H])c7ccccc76)c5)cc43)cc2C([2H])([2H])[2H])c([2H])c1[2H]. The summed E-state index contributed by atoms with van der Waals surface area (Å²) in [7, 11) is 0. The molecule has 0 radical (unpaired) electrons. The first-order chi connectivity index (χ1) is 47.5. The average molecular weight is 968 g/mol. The van der Waals surface area contributed by atoms with Crippen LogP contribution < -0.4 is 9.30 Å². The summed E-state index contributed by atoms with van der Waals surface area (Å²) in [5, 5.41) is 1.38. The molecular formula is C67H60N4O. The number of imidazole rings is 1. The lowest BCUT2D eigenvalue weighted by Crippen LogP contribution is -2.34. The number of para-hydroxylation sites is 4. The van der Waals surface area contributed by atoms with Crippen molar-refractivity contribution < 1.29 is 51.8 Å². The second kappa shape index (κ2) is 17.1. The van der Waals surface area contributed by atoms with Crippen LogP contribution in [0.25, 0.3) is 83.4 Å². The van der Waals surface area contributed by atoms with Crippen LogP contribution in [0.4, 0.5) is 0 Å². The van der Waals surface area contributed by atoms with Gasteiger partial charge in [0.05, 0.1) is 49.9 Å². The summed E-state index contributed by atoms with van der Waals surface area (Å²) in [4.78, 5) is 4.66. The zero-order valence-corrected chi connectivity index (χ0v) is 38.7. The van der Waals surface area contributed by atoms with Crippen molar-refractivity contribution in [1.29, 1.82) is 0 Å². The number of benzene rings is 8. The van der Waals surface area contributed by atoms with E-state index in [1.165, 1.54) is 33.4 Å². The van der Waals surface area contributed by atoms with E-state index >= 15 is 0 Å². The highest BCUT2D eigenvalue weighted by Crippen LogP contribution is 2.48. The first-order valence-corrected chi connectivity index (χ1v) is 22.7. The van der Waals surface area contributed by atoms with E-state index in [2.05, 4.69) is 11.3 Å². The maximum atomic E-state index is 10.3. The molecule has 0 fully saturated rings. The summed E-state index contributed by atoms with van der Waals surface area (Å²) in [6.07, 6.45) is -4.82. The molecule has 0 saturated heterocycles. The molecule has 0 bridgehead atoms. The standard InChI is InChI=1S/C67H60N4O/c1-44-37-63(68-42-56(44)45-19-10-9-11-20-45)71-59-28-13-12-25-54(59)55-33-32-51(41-62(55)71)72-50-24-17-23-49(40-50)69-43-70(61-30-15-14-29-60(61)69)64-52(46-21-16-22-48(38-46)65(2,3)4)26-18-27-53(64)47-31-34-57-58(39-47)67(7,8)36-35-66(57,5)6/h9-34,37-42H,35-36H2,1-8H3/i1D3,5D3,6D3,7D3,8D3,9D,10D,11D,16D,19D,20D,21D,22D,31D,34D,35D2,36D2,38D,39D. The minimum atomic E-state index is -4.64. The van der Waals surface area contributed by atoms with Crippen molar-refractivity contribution in [3.05, 3.63) is 223 Å². The molecular weight excluding hydrogens is 877 g/mol. The molecule has 0 saturated carbocycles. The summed E-state index contributed by atoms with van der Waals surface area (Å²) in [6.45, 7) is -15.3. The highest BCUT2D eigenvalue weighted by Gasteiger charge is 2.37. The molecule has 8 aromatic carbocycles. The van der Waals surface area contributed by atoms with Crippen LogP contribution in [0.2, 0.25) is 0 Å². The lowest BCUT2D eigenvalue weighted by atomic mass is 9.63. The summed E-state index contributed by atoms with van der Waals surface area (Å²) in [5.74, 6) is 0.499. The van der Waals surface area contributed by atoms with Crippen LogP contribution in [0.5, 0.6) is 11.5 Å². The van der Waals surface area contributed by atoms with Gasteiger partial charge in [0.15, 0.2) is 0 Å². The van der Waals surface area contributed by atoms with Crippen LogP contribution in [0.3, 0.4) is 0 Å². The number of hydrogen-bond donors (Lipinski definition) is 0. The fourth-order valence-electron chi connectivity index (χ4n) is 9.11. The number of nitrogens with zero attached hydrogens (tertiary/aromatic N) is 4. The monoisotopic (exact) mass is 968 g/mol. The molecule has 72 heavy (non-hydrogen) atoms. The van der Waals surface area contributed by atoms with E-state index in [1.807, 2.05) is 6.07 Å². The minimum absolute atomic E-state index is 0.0241. The number of rotatable bonds is 8. The Morgan fingerprint density at radius 2 is 1.35 bits per heavy atom. The Labute approximate surface area is 467 Å². The molecule has 0 atom stereocenters. The van der Waals surface area contributed by atoms with Gasteiger partial charge in [-0.15, -0.1) is 0 Å². The zero-order chi connectivity index (χ0) is 76.0. The van der Waals surface area contributed by atoms with E-state index in [0.717, 1.165) is 6.20 Å². The molecule has 0 amide bonds. The Morgan fingerprint density at radius 1 is 0.639 bits per heavy atom. The normalized spacial score (nSPS) is 22.7. The quantitative estimate of drug-likeness (QED) is 0.112. The third-order valence-electron chi connectivity index (χ3n) is 12.6. The molecule has 1 aliphatic rings. The van der Waals surface area contributed by atoms with E-state index in [-0.39, 0.29) is 61.9 Å². The first-order valence-electron chi connectivity index (χ1n) is 38.2. The number of aryl methyl sites for hydroxylation is 1. The third-order valence-corrected chi connectivity index (χ3v) is 12.6. The van der Waals surface area contributed by atoms with E-state index in [9.17, 15) is 13.7 Å². The van der Waals surface area contributed by atoms with E-state index in [4.69, 9.17) is 33.5 Å². The summed E-state index contributed by atoms with van der Waals surface area (Å²) < 4.78 is 292. The van der Waals surface area contributed by atoms with Crippen molar-refractivity contribution in [2.45, 2.75) is 84.0 Å². The highest BCUT2D eigenvalue weighted by molar-refractivity contribution is 6.09. The van der Waals surface area contributed by atoms with Gasteiger partial charge in [-0.3, -0.25) is 13.7 Å². The molecule has 3 aromatic heterocycles. The van der Waals surface area contributed by atoms with Crippen LogP contribution >= 0.6 is 0 Å². The Balaban J connectivity index is 1.11. The molecule has 354 valence electrons. The van der Waals surface area contributed by atoms with Crippen molar-refractivity contribution in [2.75, 3.05) is 0 Å². The molecule has 5 heteroatoms. The number of hydrogen-bond acceptors (Lipinski definition) is 2. The van der Waals surface area contributed by atoms with Crippen molar-refractivity contribution >= 4 is 32.8 Å². The van der Waals surface area contributed by atoms with Gasteiger partial charge in [-0.2, -0.15) is 0 Å². The van der Waals surface area contributed by atoms with Crippen LogP contribution in [-0.4, -0.2) is 14.1 Å². The van der Waals surface area contributed by atoms with Gasteiger partial charge in [-0.25, -0.2) is 4.98 Å². The van der Waals surface area contributed by atoms with Crippen molar-refractivity contribution in [3.63, 3.8) is 0 Å². The Kier molecular flexibility index (Phi) is 5.36. The molecule has 3 heterocycles. The predicted molar refractivity (Wildman–Crippen MR) is 297 cm³/mol. The van der Waals surface area contributed by atoms with Crippen LogP contribution in [-0.2, 0) is 16.2 Å². The van der Waals surface area contributed by atoms with Crippen molar-refractivity contribution in [3.8, 4) is 62.1 Å². The molecule has 0 unspecified atom stereocenters. The van der Waals surface area contributed by atoms with Gasteiger partial charge in [0.2, 0.25) is 0 Å². The van der Waals surface area contributed by atoms with Gasteiger partial charge in [-0.05, 0) is 128 Å². The smallest absolute Gasteiger partial charge is 0.269 e. The maximum absolute atomic E-state index is 10.3. The zero-order valence-electron chi connectivity index (χ0n) is 69.7. The van der Waals surface area contributed by atoms with Crippen LogP contribution in [0, 0.1) is 13.2 Å². The fourth-order valence-corrected chi connectivity index (χ4v) is 9.11. The number of fused-ring (bicyclic) bond motifs is 5. The molecule has 1 aliphatic carbocycles. The fraction of sp³-hybridized carbons (Fsp3) is 0.194. The Hall–Kier alpha value is -8.02. The van der Waals surface area contributed by atoms with Gasteiger partial charge < -0.3 is 4.74 Å². The topological polar surface area (TPSA) is 35.9 Å². The molecule has 0 spiro atoms. The number of ether oxygens (including phenoxy) is 1. The number of pyridine rings is 1. The predicted octanol–water partition coefficient (Wildman–Crippen LogP) is 16.9. The molecule has 12 rings (SSSR count). The molecule has 0 N–H and O–H groups in total. The van der Waals surface area contributed by atoms with E-state index in [0.29, 0.717) is 33.0 Å². The van der Waals surface area contributed by atoms with E-state index in [1.54, 1.807) is 110 Å². The Bertz CT molecular complexity index is 5340.